The number of phenolic OH excluding ortho intramolecular Hbond substituents is 1. The summed E-state index contributed by atoms with van der Waals surface area (Å²) in [4.78, 5) is 19.5. The highest BCUT2D eigenvalue weighted by Crippen LogP contribution is 2.37. The summed E-state index contributed by atoms with van der Waals surface area (Å²) in [7, 11) is 0. The van der Waals surface area contributed by atoms with Crippen molar-refractivity contribution in [1.82, 2.24) is 9.88 Å². The quantitative estimate of drug-likeness (QED) is 0.550. The number of carbonyl (C=O) groups excluding carboxylic acids is 1. The van der Waals surface area contributed by atoms with E-state index in [1.165, 1.54) is 0 Å². The fourth-order valence-corrected chi connectivity index (χ4v) is 4.87. The first-order chi connectivity index (χ1) is 14.1. The van der Waals surface area contributed by atoms with Crippen LogP contribution in [-0.4, -0.2) is 34.0 Å². The predicted molar refractivity (Wildman–Crippen MR) is 117 cm³/mol. The van der Waals surface area contributed by atoms with Gasteiger partial charge in [-0.05, 0) is 55.7 Å². The van der Waals surface area contributed by atoms with Crippen LogP contribution in [-0.2, 0) is 4.79 Å². The first-order valence-electron chi connectivity index (χ1n) is 9.56. The average molecular weight is 429 g/mol. The summed E-state index contributed by atoms with van der Waals surface area (Å²) in [5, 5.41) is 11.1. The standard InChI is InChI=1S/C22H21ClN2O3S/c1-2-28-18-13-14(12-15(23)21(18)27)9-10-20(26)25-11-5-7-17(25)22-24-16-6-3-4-8-19(16)29-22/h3-4,6,8-10,12-13,17,27H,2,5,7,11H2,1H3. The molecule has 0 saturated carbocycles. The van der Waals surface area contributed by atoms with E-state index in [2.05, 4.69) is 6.07 Å². The lowest BCUT2D eigenvalue weighted by atomic mass is 10.1. The SMILES string of the molecule is CCOc1cc(C=CC(=O)N2CCCC2c2nc3ccccc3s2)cc(Cl)c1O. The summed E-state index contributed by atoms with van der Waals surface area (Å²) in [5.74, 6) is 0.155. The minimum atomic E-state index is -0.0903. The van der Waals surface area contributed by atoms with Gasteiger partial charge >= 0.3 is 0 Å². The maximum Gasteiger partial charge on any atom is 0.247 e. The fourth-order valence-electron chi connectivity index (χ4n) is 3.54. The van der Waals surface area contributed by atoms with Crippen LogP contribution in [0, 0.1) is 0 Å². The number of amides is 1. The summed E-state index contributed by atoms with van der Waals surface area (Å²) in [6.07, 6.45) is 5.12. The number of likely N-dealkylation sites (tertiary alicyclic amines) is 1. The second-order valence-electron chi connectivity index (χ2n) is 6.83. The first kappa shape index (κ1) is 19.7. The molecule has 1 unspecified atom stereocenters. The summed E-state index contributed by atoms with van der Waals surface area (Å²) in [5.41, 5.74) is 1.67. The average Bonchev–Trinajstić information content (AvgIpc) is 3.36. The zero-order valence-corrected chi connectivity index (χ0v) is 17.5. The molecule has 1 fully saturated rings. The Bertz CT molecular complexity index is 1050. The molecule has 1 amide bonds. The first-order valence-corrected chi connectivity index (χ1v) is 10.8. The number of nitrogens with zero attached hydrogens (tertiary/aromatic N) is 2. The summed E-state index contributed by atoms with van der Waals surface area (Å²) >= 11 is 7.72. The molecule has 1 N–H and O–H groups in total. The molecule has 150 valence electrons. The molecule has 1 aliphatic rings. The number of hydrogen-bond acceptors (Lipinski definition) is 5. The van der Waals surface area contributed by atoms with Crippen LogP contribution in [0.4, 0.5) is 0 Å². The van der Waals surface area contributed by atoms with E-state index in [-0.39, 0.29) is 22.7 Å². The van der Waals surface area contributed by atoms with E-state index in [0.717, 1.165) is 28.1 Å². The van der Waals surface area contributed by atoms with Crippen molar-refractivity contribution >= 4 is 45.1 Å². The number of hydrogen-bond donors (Lipinski definition) is 1. The van der Waals surface area contributed by atoms with Crippen LogP contribution in [0.15, 0.2) is 42.5 Å². The normalized spacial score (nSPS) is 16.8. The topological polar surface area (TPSA) is 62.7 Å². The molecule has 4 rings (SSSR count). The van der Waals surface area contributed by atoms with Crippen LogP contribution in [0.25, 0.3) is 16.3 Å². The van der Waals surface area contributed by atoms with Crippen molar-refractivity contribution in [3.8, 4) is 11.5 Å². The van der Waals surface area contributed by atoms with E-state index in [0.29, 0.717) is 24.5 Å². The van der Waals surface area contributed by atoms with E-state index in [1.807, 2.05) is 30.0 Å². The molecule has 2 aromatic carbocycles. The molecule has 29 heavy (non-hydrogen) atoms. The van der Waals surface area contributed by atoms with Gasteiger partial charge in [-0.1, -0.05) is 23.7 Å². The van der Waals surface area contributed by atoms with Gasteiger partial charge in [0.25, 0.3) is 0 Å². The lowest BCUT2D eigenvalue weighted by Gasteiger charge is -2.21. The van der Waals surface area contributed by atoms with Gasteiger partial charge in [0.15, 0.2) is 11.5 Å². The smallest absolute Gasteiger partial charge is 0.247 e. The van der Waals surface area contributed by atoms with Gasteiger partial charge < -0.3 is 14.7 Å². The Morgan fingerprint density at radius 2 is 2.24 bits per heavy atom. The Balaban J connectivity index is 1.54. The van der Waals surface area contributed by atoms with E-state index < -0.39 is 0 Å². The van der Waals surface area contributed by atoms with Crippen molar-refractivity contribution in [2.24, 2.45) is 0 Å². The number of fused-ring (bicyclic) bond motifs is 1. The van der Waals surface area contributed by atoms with Gasteiger partial charge in [0, 0.05) is 12.6 Å². The lowest BCUT2D eigenvalue weighted by Crippen LogP contribution is -2.28. The summed E-state index contributed by atoms with van der Waals surface area (Å²) in [6.45, 7) is 2.95. The molecular weight excluding hydrogens is 408 g/mol. The number of benzene rings is 2. The highest BCUT2D eigenvalue weighted by Gasteiger charge is 2.31. The van der Waals surface area contributed by atoms with Crippen LogP contribution in [0.1, 0.15) is 36.4 Å². The molecule has 1 aromatic heterocycles. The van der Waals surface area contributed by atoms with Crippen LogP contribution < -0.4 is 4.74 Å². The molecule has 0 aliphatic carbocycles. The molecule has 1 aliphatic heterocycles. The zero-order valence-electron chi connectivity index (χ0n) is 16.0. The van der Waals surface area contributed by atoms with Gasteiger partial charge in [-0.25, -0.2) is 4.98 Å². The van der Waals surface area contributed by atoms with Crippen molar-refractivity contribution < 1.29 is 14.6 Å². The molecule has 0 spiro atoms. The number of aromatic nitrogens is 1. The van der Waals surface area contributed by atoms with Gasteiger partial charge in [-0.2, -0.15) is 0 Å². The highest BCUT2D eigenvalue weighted by molar-refractivity contribution is 7.18. The summed E-state index contributed by atoms with van der Waals surface area (Å²) < 4.78 is 6.54. The fraction of sp³-hybridized carbons (Fsp3) is 0.273. The number of para-hydroxylation sites is 1. The molecule has 5 nitrogen and oxygen atoms in total. The van der Waals surface area contributed by atoms with Crippen molar-refractivity contribution in [3.05, 3.63) is 58.1 Å². The number of halogens is 1. The maximum atomic E-state index is 12.9. The molecule has 2 heterocycles. The maximum absolute atomic E-state index is 12.9. The van der Waals surface area contributed by atoms with E-state index in [4.69, 9.17) is 21.3 Å². The molecule has 1 saturated heterocycles. The van der Waals surface area contributed by atoms with Crippen molar-refractivity contribution in [1.29, 1.82) is 0 Å². The Kier molecular flexibility index (Phi) is 5.74. The van der Waals surface area contributed by atoms with Crippen LogP contribution >= 0.6 is 22.9 Å². The Morgan fingerprint density at radius 3 is 3.03 bits per heavy atom. The Hall–Kier alpha value is -2.57. The van der Waals surface area contributed by atoms with Gasteiger partial charge in [0.2, 0.25) is 5.91 Å². The van der Waals surface area contributed by atoms with E-state index in [1.54, 1.807) is 35.6 Å². The third-order valence-corrected chi connectivity index (χ3v) is 6.33. The number of rotatable bonds is 5. The molecule has 1 atom stereocenters. The third-order valence-electron chi connectivity index (χ3n) is 4.90. The minimum Gasteiger partial charge on any atom is -0.503 e. The van der Waals surface area contributed by atoms with Crippen LogP contribution in [0.2, 0.25) is 5.02 Å². The van der Waals surface area contributed by atoms with Gasteiger partial charge in [0.05, 0.1) is 27.9 Å². The van der Waals surface area contributed by atoms with Crippen molar-refractivity contribution in [2.45, 2.75) is 25.8 Å². The number of phenols is 1. The lowest BCUT2D eigenvalue weighted by molar-refractivity contribution is -0.126. The zero-order chi connectivity index (χ0) is 20.4. The molecular formula is C22H21ClN2O3S. The monoisotopic (exact) mass is 428 g/mol. The molecule has 0 radical (unpaired) electrons. The number of ether oxygens (including phenoxy) is 1. The highest BCUT2D eigenvalue weighted by atomic mass is 35.5. The number of aromatic hydroxyl groups is 1. The van der Waals surface area contributed by atoms with Crippen LogP contribution in [0.3, 0.4) is 0 Å². The number of thiazole rings is 1. The number of carbonyl (C=O) groups is 1. The summed E-state index contributed by atoms with van der Waals surface area (Å²) in [6, 6.07) is 11.3. The molecule has 3 aromatic rings. The van der Waals surface area contributed by atoms with E-state index >= 15 is 0 Å². The Labute approximate surface area is 178 Å². The van der Waals surface area contributed by atoms with Gasteiger partial charge in [0.1, 0.15) is 5.01 Å². The van der Waals surface area contributed by atoms with E-state index in [9.17, 15) is 9.90 Å². The predicted octanol–water partition coefficient (Wildman–Crippen LogP) is 5.43. The van der Waals surface area contributed by atoms with Gasteiger partial charge in [-0.3, -0.25) is 4.79 Å². The second-order valence-corrected chi connectivity index (χ2v) is 8.29. The van der Waals surface area contributed by atoms with Crippen molar-refractivity contribution in [2.75, 3.05) is 13.2 Å². The molecule has 7 heteroatoms. The van der Waals surface area contributed by atoms with Gasteiger partial charge in [-0.15, -0.1) is 11.3 Å². The minimum absolute atomic E-state index is 0.00643. The largest absolute Gasteiger partial charge is 0.503 e. The molecule has 0 bridgehead atoms. The van der Waals surface area contributed by atoms with Crippen LogP contribution in [0.5, 0.6) is 11.5 Å². The Morgan fingerprint density at radius 1 is 1.41 bits per heavy atom. The second kappa shape index (κ2) is 8.43. The van der Waals surface area contributed by atoms with Crippen molar-refractivity contribution in [3.63, 3.8) is 0 Å². The third kappa shape index (κ3) is 4.09.